The molecule has 5 heteroatoms. The van der Waals surface area contributed by atoms with Gasteiger partial charge in [-0.15, -0.1) is 0 Å². The number of aromatic nitrogens is 3. The molecule has 0 atom stereocenters. The highest BCUT2D eigenvalue weighted by Gasteiger charge is 1.97. The molecular formula is C6H4IN3O. The van der Waals surface area contributed by atoms with Crippen LogP contribution in [-0.4, -0.2) is 14.6 Å². The number of halogens is 1. The molecule has 0 saturated carbocycles. The summed E-state index contributed by atoms with van der Waals surface area (Å²) < 4.78 is 2.49. The fourth-order valence-electron chi connectivity index (χ4n) is 0.880. The van der Waals surface area contributed by atoms with E-state index in [0.717, 1.165) is 3.57 Å². The van der Waals surface area contributed by atoms with E-state index in [4.69, 9.17) is 0 Å². The molecule has 56 valence electrons. The SMILES string of the molecule is O=c1[nH]nc2ccc(I)cn12. The molecule has 0 bridgehead atoms. The summed E-state index contributed by atoms with van der Waals surface area (Å²) >= 11 is 2.14. The van der Waals surface area contributed by atoms with E-state index in [1.807, 2.05) is 6.07 Å². The molecule has 0 spiro atoms. The molecule has 4 nitrogen and oxygen atoms in total. The first-order valence-corrected chi connectivity index (χ1v) is 4.07. The van der Waals surface area contributed by atoms with E-state index in [2.05, 4.69) is 32.8 Å². The van der Waals surface area contributed by atoms with Crippen LogP contribution in [0.4, 0.5) is 0 Å². The summed E-state index contributed by atoms with van der Waals surface area (Å²) in [7, 11) is 0. The molecule has 2 rings (SSSR count). The lowest BCUT2D eigenvalue weighted by atomic mass is 10.5. The Morgan fingerprint density at radius 3 is 3.18 bits per heavy atom. The van der Waals surface area contributed by atoms with E-state index in [0.29, 0.717) is 5.65 Å². The van der Waals surface area contributed by atoms with Crippen LogP contribution >= 0.6 is 22.6 Å². The summed E-state index contributed by atoms with van der Waals surface area (Å²) in [5.41, 5.74) is 0.453. The zero-order valence-electron chi connectivity index (χ0n) is 5.41. The summed E-state index contributed by atoms with van der Waals surface area (Å²) in [6.45, 7) is 0. The van der Waals surface area contributed by atoms with Crippen LogP contribution < -0.4 is 5.69 Å². The highest BCUT2D eigenvalue weighted by molar-refractivity contribution is 14.1. The fourth-order valence-corrected chi connectivity index (χ4v) is 1.34. The standard InChI is InChI=1S/C6H4IN3O/c7-4-1-2-5-8-9-6(11)10(5)3-4/h1-3H,(H,9,11). The lowest BCUT2D eigenvalue weighted by molar-refractivity contribution is 1.02. The first-order valence-electron chi connectivity index (χ1n) is 3.00. The highest BCUT2D eigenvalue weighted by Crippen LogP contribution is 2.03. The molecule has 0 aromatic carbocycles. The summed E-state index contributed by atoms with van der Waals surface area (Å²) in [5, 5.41) is 6.14. The molecule has 0 aliphatic heterocycles. The number of fused-ring (bicyclic) bond motifs is 1. The summed E-state index contributed by atoms with van der Waals surface area (Å²) in [6.07, 6.45) is 1.74. The minimum absolute atomic E-state index is 0.196. The molecule has 0 radical (unpaired) electrons. The number of H-pyrrole nitrogens is 1. The van der Waals surface area contributed by atoms with Crippen LogP contribution in [0.3, 0.4) is 0 Å². The maximum Gasteiger partial charge on any atom is 0.347 e. The van der Waals surface area contributed by atoms with Crippen LogP contribution in [0.5, 0.6) is 0 Å². The predicted molar refractivity (Wildman–Crippen MR) is 48.5 cm³/mol. The molecule has 2 aromatic heterocycles. The lowest BCUT2D eigenvalue weighted by Crippen LogP contribution is -2.08. The van der Waals surface area contributed by atoms with E-state index in [9.17, 15) is 4.79 Å². The third-order valence-corrected chi connectivity index (χ3v) is 2.01. The Hall–Kier alpha value is -0.850. The van der Waals surface area contributed by atoms with Gasteiger partial charge >= 0.3 is 5.69 Å². The molecule has 0 aliphatic rings. The lowest BCUT2D eigenvalue weighted by Gasteiger charge is -1.89. The van der Waals surface area contributed by atoms with Crippen LogP contribution in [-0.2, 0) is 0 Å². The van der Waals surface area contributed by atoms with Gasteiger partial charge < -0.3 is 0 Å². The van der Waals surface area contributed by atoms with Gasteiger partial charge in [-0.2, -0.15) is 5.10 Å². The van der Waals surface area contributed by atoms with Gasteiger partial charge in [-0.05, 0) is 34.7 Å². The summed E-state index contributed by atoms with van der Waals surface area (Å²) in [5.74, 6) is 0. The monoisotopic (exact) mass is 261 g/mol. The molecule has 0 fully saturated rings. The Morgan fingerprint density at radius 1 is 1.55 bits per heavy atom. The van der Waals surface area contributed by atoms with Crippen molar-refractivity contribution in [3.63, 3.8) is 0 Å². The zero-order chi connectivity index (χ0) is 7.84. The molecule has 0 amide bonds. The first kappa shape index (κ1) is 6.84. The van der Waals surface area contributed by atoms with Gasteiger partial charge in [0.15, 0.2) is 5.65 Å². The van der Waals surface area contributed by atoms with Crippen molar-refractivity contribution in [1.82, 2.24) is 14.6 Å². The van der Waals surface area contributed by atoms with Gasteiger partial charge in [0.25, 0.3) is 0 Å². The van der Waals surface area contributed by atoms with Crippen LogP contribution in [0.25, 0.3) is 5.65 Å². The Kier molecular flexibility index (Phi) is 1.45. The van der Waals surface area contributed by atoms with E-state index >= 15 is 0 Å². The van der Waals surface area contributed by atoms with Crippen molar-refractivity contribution >= 4 is 28.2 Å². The molecule has 0 unspecified atom stereocenters. The summed E-state index contributed by atoms with van der Waals surface area (Å²) in [4.78, 5) is 11.0. The van der Waals surface area contributed by atoms with Gasteiger partial charge in [0.05, 0.1) is 0 Å². The van der Waals surface area contributed by atoms with Gasteiger partial charge in [0.1, 0.15) is 0 Å². The van der Waals surface area contributed by atoms with Crippen molar-refractivity contribution in [1.29, 1.82) is 0 Å². The van der Waals surface area contributed by atoms with Gasteiger partial charge in [-0.1, -0.05) is 0 Å². The highest BCUT2D eigenvalue weighted by atomic mass is 127. The number of pyridine rings is 1. The normalized spacial score (nSPS) is 10.6. The Labute approximate surface area is 75.4 Å². The summed E-state index contributed by atoms with van der Waals surface area (Å²) in [6, 6.07) is 3.69. The number of hydrogen-bond donors (Lipinski definition) is 1. The zero-order valence-corrected chi connectivity index (χ0v) is 7.57. The van der Waals surface area contributed by atoms with Gasteiger partial charge in [0.2, 0.25) is 0 Å². The van der Waals surface area contributed by atoms with Gasteiger partial charge in [-0.3, -0.25) is 0 Å². The number of hydrogen-bond acceptors (Lipinski definition) is 2. The Balaban J connectivity index is 2.99. The molecule has 11 heavy (non-hydrogen) atoms. The van der Waals surface area contributed by atoms with Crippen molar-refractivity contribution in [2.75, 3.05) is 0 Å². The Bertz CT molecular complexity index is 444. The number of nitrogens with zero attached hydrogens (tertiary/aromatic N) is 2. The Morgan fingerprint density at radius 2 is 2.36 bits per heavy atom. The van der Waals surface area contributed by atoms with Crippen molar-refractivity contribution in [2.45, 2.75) is 0 Å². The van der Waals surface area contributed by atoms with E-state index < -0.39 is 0 Å². The number of rotatable bonds is 0. The molecule has 2 heterocycles. The molecule has 0 aliphatic carbocycles. The van der Waals surface area contributed by atoms with Crippen molar-refractivity contribution < 1.29 is 0 Å². The maximum absolute atomic E-state index is 11.0. The quantitative estimate of drug-likeness (QED) is 0.707. The minimum atomic E-state index is -0.196. The largest absolute Gasteiger partial charge is 0.347 e. The number of nitrogens with one attached hydrogen (secondary N) is 1. The predicted octanol–water partition coefficient (Wildman–Crippen LogP) is 0.627. The van der Waals surface area contributed by atoms with Crippen LogP contribution in [0.2, 0.25) is 0 Å². The third kappa shape index (κ3) is 1.05. The topological polar surface area (TPSA) is 50.2 Å². The molecule has 0 saturated heterocycles. The average molecular weight is 261 g/mol. The van der Waals surface area contributed by atoms with Crippen molar-refractivity contribution in [2.24, 2.45) is 0 Å². The minimum Gasteiger partial charge on any atom is -0.249 e. The van der Waals surface area contributed by atoms with E-state index in [1.165, 1.54) is 4.40 Å². The molecule has 1 N–H and O–H groups in total. The fraction of sp³-hybridized carbons (Fsp3) is 0. The maximum atomic E-state index is 11.0. The molecule has 2 aromatic rings. The second kappa shape index (κ2) is 2.33. The van der Waals surface area contributed by atoms with Crippen molar-refractivity contribution in [3.05, 3.63) is 32.4 Å². The first-order chi connectivity index (χ1) is 5.27. The van der Waals surface area contributed by atoms with Crippen LogP contribution in [0.1, 0.15) is 0 Å². The third-order valence-electron chi connectivity index (χ3n) is 1.38. The van der Waals surface area contributed by atoms with Crippen LogP contribution in [0.15, 0.2) is 23.1 Å². The second-order valence-corrected chi connectivity index (χ2v) is 3.35. The van der Waals surface area contributed by atoms with Crippen molar-refractivity contribution in [3.8, 4) is 0 Å². The van der Waals surface area contributed by atoms with E-state index in [-0.39, 0.29) is 5.69 Å². The number of aromatic amines is 1. The van der Waals surface area contributed by atoms with Gasteiger partial charge in [-0.25, -0.2) is 14.3 Å². The average Bonchev–Trinajstić information content (AvgIpc) is 2.33. The second-order valence-electron chi connectivity index (χ2n) is 2.10. The molecular weight excluding hydrogens is 257 g/mol. The van der Waals surface area contributed by atoms with E-state index in [1.54, 1.807) is 12.3 Å². The van der Waals surface area contributed by atoms with Gasteiger partial charge in [0, 0.05) is 9.77 Å². The smallest absolute Gasteiger partial charge is 0.249 e. The van der Waals surface area contributed by atoms with Crippen LogP contribution in [0, 0.1) is 3.57 Å².